The monoisotopic (exact) mass is 424 g/mol. The van der Waals surface area contributed by atoms with Crippen LogP contribution in [0.3, 0.4) is 0 Å². The summed E-state index contributed by atoms with van der Waals surface area (Å²) >= 11 is 0. The van der Waals surface area contributed by atoms with Crippen molar-refractivity contribution in [2.45, 2.75) is 44.2 Å². The van der Waals surface area contributed by atoms with E-state index in [1.807, 2.05) is 26.0 Å². The highest BCUT2D eigenvalue weighted by molar-refractivity contribution is 7.89. The molecule has 2 rings (SSSR count). The molecule has 1 saturated heterocycles. The Bertz CT molecular complexity index is 813. The number of piperidine rings is 1. The van der Waals surface area contributed by atoms with Gasteiger partial charge in [0.15, 0.2) is 5.96 Å². The lowest BCUT2D eigenvalue weighted by Crippen LogP contribution is -2.46. The first-order valence-electron chi connectivity index (χ1n) is 9.81. The zero-order valence-corrected chi connectivity index (χ0v) is 18.7. The van der Waals surface area contributed by atoms with Gasteiger partial charge < -0.3 is 15.0 Å². The minimum absolute atomic E-state index is 0.0483. The van der Waals surface area contributed by atoms with Gasteiger partial charge in [0.05, 0.1) is 17.9 Å². The molecule has 0 atom stereocenters. The number of guanidine groups is 1. The van der Waals surface area contributed by atoms with E-state index in [9.17, 15) is 13.2 Å². The Balaban J connectivity index is 1.95. The minimum atomic E-state index is -3.48. The van der Waals surface area contributed by atoms with E-state index in [0.29, 0.717) is 6.54 Å². The van der Waals surface area contributed by atoms with Crippen LogP contribution in [0.25, 0.3) is 0 Å². The van der Waals surface area contributed by atoms with Crippen LogP contribution in [-0.2, 0) is 26.1 Å². The molecule has 162 valence electrons. The van der Waals surface area contributed by atoms with Crippen LogP contribution < -0.4 is 5.32 Å². The van der Waals surface area contributed by atoms with E-state index in [1.54, 1.807) is 26.2 Å². The predicted octanol–water partition coefficient (Wildman–Crippen LogP) is 1.68. The lowest BCUT2D eigenvalue weighted by atomic mass is 9.97. The molecule has 1 fully saturated rings. The Morgan fingerprint density at radius 2 is 1.86 bits per heavy atom. The van der Waals surface area contributed by atoms with Crippen molar-refractivity contribution in [2.75, 3.05) is 34.3 Å². The van der Waals surface area contributed by atoms with Gasteiger partial charge in [-0.25, -0.2) is 8.42 Å². The van der Waals surface area contributed by atoms with Crippen LogP contribution in [0.5, 0.6) is 0 Å². The van der Waals surface area contributed by atoms with E-state index < -0.39 is 10.0 Å². The number of carbonyl (C=O) groups excluding carboxylic acids is 1. The fraction of sp³-hybridized carbons (Fsp3) is 0.600. The van der Waals surface area contributed by atoms with Gasteiger partial charge in [-0.05, 0) is 44.4 Å². The molecule has 0 aliphatic carbocycles. The Kier molecular flexibility index (Phi) is 8.04. The smallest absolute Gasteiger partial charge is 0.308 e. The van der Waals surface area contributed by atoms with E-state index in [2.05, 4.69) is 15.2 Å². The molecule has 1 aromatic rings. The molecule has 0 saturated carbocycles. The van der Waals surface area contributed by atoms with Gasteiger partial charge in [0.25, 0.3) is 0 Å². The fourth-order valence-electron chi connectivity index (χ4n) is 3.23. The van der Waals surface area contributed by atoms with Crippen LogP contribution in [0.4, 0.5) is 0 Å². The van der Waals surface area contributed by atoms with E-state index in [0.717, 1.165) is 37.5 Å². The highest BCUT2D eigenvalue weighted by atomic mass is 32.2. The molecule has 0 radical (unpaired) electrons. The lowest BCUT2D eigenvalue weighted by molar-refractivity contribution is -0.146. The first kappa shape index (κ1) is 23.2. The molecule has 8 nitrogen and oxygen atoms in total. The summed E-state index contributed by atoms with van der Waals surface area (Å²) in [4.78, 5) is 18.4. The molecule has 1 aliphatic rings. The third-order valence-electron chi connectivity index (χ3n) is 5.32. The number of hydrogen-bond acceptors (Lipinski definition) is 5. The Labute approximate surface area is 174 Å². The summed E-state index contributed by atoms with van der Waals surface area (Å²) in [5, 5.41) is 3.31. The number of likely N-dealkylation sites (tertiary alicyclic amines) is 1. The lowest BCUT2D eigenvalue weighted by Gasteiger charge is -2.33. The molecule has 0 bridgehead atoms. The van der Waals surface area contributed by atoms with Crippen molar-refractivity contribution in [1.29, 1.82) is 0 Å². The number of hydrogen-bond donors (Lipinski definition) is 1. The molecule has 1 N–H and O–H groups in total. The molecule has 29 heavy (non-hydrogen) atoms. The molecule has 9 heteroatoms. The largest absolute Gasteiger partial charge is 0.469 e. The number of nitrogens with zero attached hydrogens (tertiary/aromatic N) is 3. The van der Waals surface area contributed by atoms with Crippen molar-refractivity contribution in [3.63, 3.8) is 0 Å². The first-order chi connectivity index (χ1) is 13.7. The average molecular weight is 425 g/mol. The van der Waals surface area contributed by atoms with Crippen molar-refractivity contribution in [2.24, 2.45) is 10.9 Å². The Hall–Kier alpha value is -2.13. The van der Waals surface area contributed by atoms with Gasteiger partial charge in [0.2, 0.25) is 10.0 Å². The summed E-state index contributed by atoms with van der Waals surface area (Å²) in [5.74, 6) is 0.572. The van der Waals surface area contributed by atoms with E-state index in [4.69, 9.17) is 4.74 Å². The van der Waals surface area contributed by atoms with Crippen LogP contribution in [0, 0.1) is 5.92 Å². The van der Waals surface area contributed by atoms with Gasteiger partial charge >= 0.3 is 5.97 Å². The maximum atomic E-state index is 12.6. The molecule has 0 amide bonds. The summed E-state index contributed by atoms with van der Waals surface area (Å²) in [5.41, 5.74) is 0.960. The van der Waals surface area contributed by atoms with E-state index in [-0.39, 0.29) is 22.8 Å². The number of methoxy groups -OCH3 is 1. The topological polar surface area (TPSA) is 91.3 Å². The van der Waals surface area contributed by atoms with Crippen molar-refractivity contribution >= 4 is 22.0 Å². The second-order valence-corrected chi connectivity index (χ2v) is 9.44. The van der Waals surface area contributed by atoms with Gasteiger partial charge in [-0.15, -0.1) is 0 Å². The average Bonchev–Trinajstić information content (AvgIpc) is 2.73. The van der Waals surface area contributed by atoms with Crippen molar-refractivity contribution in [3.05, 3.63) is 29.8 Å². The zero-order chi connectivity index (χ0) is 21.6. The molecule has 0 spiro atoms. The van der Waals surface area contributed by atoms with Crippen molar-refractivity contribution in [1.82, 2.24) is 14.5 Å². The number of ether oxygens (including phenoxy) is 1. The normalized spacial score (nSPS) is 16.4. The van der Waals surface area contributed by atoms with Gasteiger partial charge in [-0.1, -0.05) is 12.1 Å². The molecule has 0 unspecified atom stereocenters. The maximum Gasteiger partial charge on any atom is 0.308 e. The van der Waals surface area contributed by atoms with Gasteiger partial charge in [0.1, 0.15) is 0 Å². The van der Waals surface area contributed by atoms with Crippen LogP contribution in [-0.4, -0.2) is 69.9 Å². The second kappa shape index (κ2) is 10.1. The summed E-state index contributed by atoms with van der Waals surface area (Å²) in [6.07, 6.45) is 1.48. The van der Waals surface area contributed by atoms with Crippen LogP contribution in [0.1, 0.15) is 32.3 Å². The molecular weight excluding hydrogens is 392 g/mol. The third kappa shape index (κ3) is 5.70. The summed E-state index contributed by atoms with van der Waals surface area (Å²) in [6.45, 7) is 5.69. The van der Waals surface area contributed by atoms with Crippen LogP contribution >= 0.6 is 0 Å². The SMILES string of the molecule is CN=C(NCc1ccc(S(=O)(=O)N(C)C(C)C)cc1)N1CCC(C(=O)OC)CC1. The van der Waals surface area contributed by atoms with E-state index >= 15 is 0 Å². The third-order valence-corrected chi connectivity index (χ3v) is 7.37. The summed E-state index contributed by atoms with van der Waals surface area (Å²) in [6, 6.07) is 6.79. The standard InChI is InChI=1S/C20H32N4O4S/c1-15(2)23(4)29(26,27)18-8-6-16(7-9-18)14-22-20(21-3)24-12-10-17(11-13-24)19(25)28-5/h6-9,15,17H,10-14H2,1-5H3,(H,21,22). The van der Waals surface area contributed by atoms with Gasteiger partial charge in [0, 0.05) is 39.8 Å². The number of rotatable bonds is 6. The summed E-state index contributed by atoms with van der Waals surface area (Å²) in [7, 11) is 1.26. The van der Waals surface area contributed by atoms with Crippen LogP contribution in [0.15, 0.2) is 34.2 Å². The van der Waals surface area contributed by atoms with Gasteiger partial charge in [-0.3, -0.25) is 9.79 Å². The number of esters is 1. The van der Waals surface area contributed by atoms with E-state index in [1.165, 1.54) is 11.4 Å². The fourth-order valence-corrected chi connectivity index (χ4v) is 4.60. The minimum Gasteiger partial charge on any atom is -0.469 e. The molecular formula is C20H32N4O4S. The molecule has 1 aliphatic heterocycles. The molecule has 0 aromatic heterocycles. The van der Waals surface area contributed by atoms with Crippen molar-refractivity contribution < 1.29 is 17.9 Å². The number of nitrogens with one attached hydrogen (secondary N) is 1. The highest BCUT2D eigenvalue weighted by Crippen LogP contribution is 2.19. The highest BCUT2D eigenvalue weighted by Gasteiger charge is 2.27. The number of sulfonamides is 1. The van der Waals surface area contributed by atoms with Gasteiger partial charge in [-0.2, -0.15) is 4.31 Å². The second-order valence-electron chi connectivity index (χ2n) is 7.44. The number of carbonyl (C=O) groups is 1. The first-order valence-corrected chi connectivity index (χ1v) is 11.2. The predicted molar refractivity (Wildman–Crippen MR) is 113 cm³/mol. The Morgan fingerprint density at radius 1 is 1.28 bits per heavy atom. The number of benzene rings is 1. The zero-order valence-electron chi connectivity index (χ0n) is 17.9. The Morgan fingerprint density at radius 3 is 2.34 bits per heavy atom. The molecule has 1 heterocycles. The maximum absolute atomic E-state index is 12.6. The quantitative estimate of drug-likeness (QED) is 0.424. The molecule has 1 aromatic carbocycles. The summed E-state index contributed by atoms with van der Waals surface area (Å²) < 4.78 is 31.3. The number of aliphatic imine (C=N–C) groups is 1. The van der Waals surface area contributed by atoms with Crippen LogP contribution in [0.2, 0.25) is 0 Å². The van der Waals surface area contributed by atoms with Crippen molar-refractivity contribution in [3.8, 4) is 0 Å².